The molecule has 2 heteroatoms. The molecule has 0 spiro atoms. The van der Waals surface area contributed by atoms with Crippen LogP contribution in [0.1, 0.15) is 31.8 Å². The highest BCUT2D eigenvalue weighted by Crippen LogP contribution is 2.26. The van der Waals surface area contributed by atoms with Crippen LogP contribution in [0.2, 0.25) is 0 Å². The molecular formula is C24H16O2. The second-order valence-electron chi connectivity index (χ2n) is 6.10. The third-order valence-corrected chi connectivity index (χ3v) is 4.49. The van der Waals surface area contributed by atoms with Crippen LogP contribution in [0.5, 0.6) is 0 Å². The first kappa shape index (κ1) is 16.0. The van der Waals surface area contributed by atoms with Gasteiger partial charge in [-0.2, -0.15) is 0 Å². The lowest BCUT2D eigenvalue weighted by molar-refractivity contribution is 0.0979. The molecule has 3 aliphatic rings. The average molecular weight is 336 g/mol. The van der Waals surface area contributed by atoms with E-state index in [4.69, 9.17) is 0 Å². The molecule has 2 aromatic rings. The minimum absolute atomic E-state index is 0.0641. The Morgan fingerprint density at radius 1 is 0.346 bits per heavy atom. The third-order valence-electron chi connectivity index (χ3n) is 4.49. The van der Waals surface area contributed by atoms with Crippen molar-refractivity contribution in [1.29, 1.82) is 0 Å². The van der Waals surface area contributed by atoms with E-state index in [0.717, 1.165) is 0 Å². The quantitative estimate of drug-likeness (QED) is 0.387. The van der Waals surface area contributed by atoms with Crippen LogP contribution in [-0.2, 0) is 0 Å². The van der Waals surface area contributed by atoms with E-state index in [-0.39, 0.29) is 11.6 Å². The second kappa shape index (κ2) is 6.77. The van der Waals surface area contributed by atoms with Gasteiger partial charge in [0.1, 0.15) is 0 Å². The van der Waals surface area contributed by atoms with E-state index in [9.17, 15) is 9.59 Å². The molecule has 2 nitrogen and oxygen atoms in total. The summed E-state index contributed by atoms with van der Waals surface area (Å²) in [6.45, 7) is 0. The van der Waals surface area contributed by atoms with Crippen LogP contribution in [-0.4, -0.2) is 11.6 Å². The Kier molecular flexibility index (Phi) is 4.16. The number of rotatable bonds is 0. The number of carbonyl (C=O) groups excluding carboxylic acids is 2. The summed E-state index contributed by atoms with van der Waals surface area (Å²) in [5.74, 6) is -0.128. The van der Waals surface area contributed by atoms with Crippen LogP contribution in [0.3, 0.4) is 0 Å². The summed E-state index contributed by atoms with van der Waals surface area (Å²) in [4.78, 5) is 24.2. The molecule has 5 rings (SSSR count). The Balaban J connectivity index is 0.000000144. The summed E-state index contributed by atoms with van der Waals surface area (Å²) in [6.07, 6.45) is 0. The highest BCUT2D eigenvalue weighted by Gasteiger charge is 2.28. The van der Waals surface area contributed by atoms with E-state index < -0.39 is 0 Å². The zero-order chi connectivity index (χ0) is 17.9. The van der Waals surface area contributed by atoms with Gasteiger partial charge in [-0.05, 0) is 11.1 Å². The fourth-order valence-electron chi connectivity index (χ4n) is 3.18. The van der Waals surface area contributed by atoms with Gasteiger partial charge in [0, 0.05) is 22.3 Å². The molecule has 0 atom stereocenters. The van der Waals surface area contributed by atoms with Crippen molar-refractivity contribution in [3.8, 4) is 11.1 Å². The molecule has 0 bridgehead atoms. The average Bonchev–Trinajstić information content (AvgIpc) is 3.02. The van der Waals surface area contributed by atoms with Crippen molar-refractivity contribution in [1.82, 2.24) is 0 Å². The molecule has 0 heterocycles. The summed E-state index contributed by atoms with van der Waals surface area (Å²) in [6, 6.07) is 30.6. The monoisotopic (exact) mass is 336 g/mol. The van der Waals surface area contributed by atoms with Crippen molar-refractivity contribution in [3.63, 3.8) is 0 Å². The maximum atomic E-state index is 12.1. The first-order valence-electron chi connectivity index (χ1n) is 8.47. The van der Waals surface area contributed by atoms with Crippen LogP contribution in [0, 0.1) is 0 Å². The summed E-state index contributed by atoms with van der Waals surface area (Å²) in [5, 5.41) is 0. The molecular weight excluding hydrogens is 320 g/mol. The number of hydrogen-bond acceptors (Lipinski definition) is 2. The smallest absolute Gasteiger partial charge is 0.194 e. The van der Waals surface area contributed by atoms with Crippen molar-refractivity contribution in [2.24, 2.45) is 0 Å². The van der Waals surface area contributed by atoms with Crippen LogP contribution in [0.15, 0.2) is 97.1 Å². The predicted molar refractivity (Wildman–Crippen MR) is 103 cm³/mol. The zero-order valence-electron chi connectivity index (χ0n) is 14.1. The SMILES string of the molecule is O=C1c2ccccc2C(=O)c2ccccc21.c1ccc2cccc-2cc1. The molecule has 0 saturated carbocycles. The maximum absolute atomic E-state index is 12.1. The van der Waals surface area contributed by atoms with E-state index in [1.54, 1.807) is 48.5 Å². The molecule has 0 aliphatic heterocycles. The molecule has 0 saturated heterocycles. The molecule has 26 heavy (non-hydrogen) atoms. The van der Waals surface area contributed by atoms with E-state index in [1.165, 1.54) is 11.1 Å². The Labute approximate surface area is 152 Å². The summed E-state index contributed by atoms with van der Waals surface area (Å²) < 4.78 is 0. The fourth-order valence-corrected chi connectivity index (χ4v) is 3.18. The van der Waals surface area contributed by atoms with Gasteiger partial charge in [0.25, 0.3) is 0 Å². The van der Waals surface area contributed by atoms with Gasteiger partial charge in [-0.3, -0.25) is 9.59 Å². The first-order valence-corrected chi connectivity index (χ1v) is 8.47. The van der Waals surface area contributed by atoms with Gasteiger partial charge in [-0.15, -0.1) is 0 Å². The van der Waals surface area contributed by atoms with Crippen molar-refractivity contribution < 1.29 is 9.59 Å². The molecule has 124 valence electrons. The van der Waals surface area contributed by atoms with Crippen molar-refractivity contribution in [3.05, 3.63) is 119 Å². The van der Waals surface area contributed by atoms with Crippen molar-refractivity contribution >= 4 is 11.6 Å². The van der Waals surface area contributed by atoms with E-state index >= 15 is 0 Å². The largest absolute Gasteiger partial charge is 0.289 e. The molecule has 2 aromatic carbocycles. The van der Waals surface area contributed by atoms with Gasteiger partial charge in [0.05, 0.1) is 0 Å². The summed E-state index contributed by atoms with van der Waals surface area (Å²) in [7, 11) is 0. The topological polar surface area (TPSA) is 34.1 Å². The molecule has 3 aliphatic carbocycles. The van der Waals surface area contributed by atoms with Gasteiger partial charge in [0.2, 0.25) is 0 Å². The lowest BCUT2D eigenvalue weighted by atomic mass is 9.84. The number of benzene rings is 2. The van der Waals surface area contributed by atoms with Crippen LogP contribution < -0.4 is 0 Å². The molecule has 0 unspecified atom stereocenters. The standard InChI is InChI=1S/C14H8O2.C10H8/c15-13-9-5-1-2-6-10(9)14(16)12-8-4-3-7-11(12)13;1-2-5-9-7-4-8-10(9)6-3-1/h1-8H;1-8H. The van der Waals surface area contributed by atoms with Gasteiger partial charge in [0.15, 0.2) is 11.6 Å². The number of carbonyl (C=O) groups is 2. The van der Waals surface area contributed by atoms with E-state index in [2.05, 4.69) is 42.5 Å². The van der Waals surface area contributed by atoms with Crippen LogP contribution in [0.25, 0.3) is 11.1 Å². The van der Waals surface area contributed by atoms with Gasteiger partial charge in [-0.25, -0.2) is 0 Å². The normalized spacial score (nSPS) is 12.0. The minimum Gasteiger partial charge on any atom is -0.289 e. The Morgan fingerprint density at radius 3 is 1.04 bits per heavy atom. The van der Waals surface area contributed by atoms with E-state index in [0.29, 0.717) is 22.3 Å². The van der Waals surface area contributed by atoms with Crippen molar-refractivity contribution in [2.45, 2.75) is 0 Å². The van der Waals surface area contributed by atoms with Crippen LogP contribution >= 0.6 is 0 Å². The lowest BCUT2D eigenvalue weighted by Gasteiger charge is -2.16. The minimum atomic E-state index is -0.0641. The Morgan fingerprint density at radius 2 is 0.654 bits per heavy atom. The fraction of sp³-hybridized carbons (Fsp3) is 0. The third kappa shape index (κ3) is 2.82. The Hall–Kier alpha value is -3.52. The number of ketones is 2. The highest BCUT2D eigenvalue weighted by atomic mass is 16.1. The maximum Gasteiger partial charge on any atom is 0.194 e. The van der Waals surface area contributed by atoms with Crippen molar-refractivity contribution in [2.75, 3.05) is 0 Å². The lowest BCUT2D eigenvalue weighted by Crippen LogP contribution is -2.20. The summed E-state index contributed by atoms with van der Waals surface area (Å²) >= 11 is 0. The van der Waals surface area contributed by atoms with Gasteiger partial charge in [-0.1, -0.05) is 97.1 Å². The zero-order valence-corrected chi connectivity index (χ0v) is 14.1. The molecule has 0 N–H and O–H groups in total. The van der Waals surface area contributed by atoms with E-state index in [1.807, 2.05) is 6.07 Å². The van der Waals surface area contributed by atoms with Gasteiger partial charge >= 0.3 is 0 Å². The predicted octanol–water partition coefficient (Wildman–Crippen LogP) is 5.25. The molecule has 0 fully saturated rings. The molecule has 0 aromatic heterocycles. The second-order valence-corrected chi connectivity index (χ2v) is 6.10. The summed E-state index contributed by atoms with van der Waals surface area (Å²) in [5.41, 5.74) is 4.64. The Bertz CT molecular complexity index is 945. The number of hydrogen-bond donors (Lipinski definition) is 0. The first-order chi connectivity index (χ1) is 12.8. The van der Waals surface area contributed by atoms with Crippen LogP contribution in [0.4, 0.5) is 0 Å². The highest BCUT2D eigenvalue weighted by molar-refractivity contribution is 6.28. The molecule has 0 amide bonds. The van der Waals surface area contributed by atoms with Gasteiger partial charge < -0.3 is 0 Å². The number of fused-ring (bicyclic) bond motifs is 3. The molecule has 0 radical (unpaired) electrons.